The molecule has 1 saturated heterocycles. The van der Waals surface area contributed by atoms with Gasteiger partial charge in [-0.1, -0.05) is 12.1 Å². The molecule has 13 nitrogen and oxygen atoms in total. The number of carbonyl (C=O) groups is 1. The lowest BCUT2D eigenvalue weighted by Crippen LogP contribution is -2.48. The van der Waals surface area contributed by atoms with Gasteiger partial charge in [-0.2, -0.15) is 19.6 Å². The Bertz CT molecular complexity index is 1770. The highest BCUT2D eigenvalue weighted by Gasteiger charge is 2.28. The van der Waals surface area contributed by atoms with Gasteiger partial charge in [0.2, 0.25) is 17.8 Å². The quantitative estimate of drug-likeness (QED) is 0.204. The maximum atomic E-state index is 13.0. The van der Waals surface area contributed by atoms with E-state index in [1.807, 2.05) is 19.1 Å². The summed E-state index contributed by atoms with van der Waals surface area (Å²) in [5.74, 6) is 1.15. The molecule has 1 amide bonds. The Balaban J connectivity index is 1.41. The molecule has 0 saturated carbocycles. The molecule has 234 valence electrons. The van der Waals surface area contributed by atoms with Crippen molar-refractivity contribution in [2.75, 3.05) is 37.4 Å². The Morgan fingerprint density at radius 2 is 1.84 bits per heavy atom. The van der Waals surface area contributed by atoms with Crippen molar-refractivity contribution in [3.05, 3.63) is 59.8 Å². The van der Waals surface area contributed by atoms with Gasteiger partial charge < -0.3 is 31.1 Å². The first-order chi connectivity index (χ1) is 21.0. The fraction of sp³-hybridized carbons (Fsp3) is 0.400. The SMILES string of the molecule is COc1cc(C2CCN(C(=O)[C@@H](N)CO)CC2)c(C)cc1Nc1nc(Nc2ccccc2S(=O)(=O)C(C)C)n2nccc2n1. The van der Waals surface area contributed by atoms with Crippen LogP contribution in [0.3, 0.4) is 0 Å². The van der Waals surface area contributed by atoms with Crippen LogP contribution < -0.4 is 21.1 Å². The van der Waals surface area contributed by atoms with Crippen molar-refractivity contribution in [3.8, 4) is 5.75 Å². The molecule has 1 atom stereocenters. The number of methoxy groups -OCH3 is 1. The second kappa shape index (κ2) is 12.8. The van der Waals surface area contributed by atoms with Gasteiger partial charge in [0, 0.05) is 19.2 Å². The largest absolute Gasteiger partial charge is 0.495 e. The first-order valence-corrected chi connectivity index (χ1v) is 16.0. The molecule has 5 N–H and O–H groups in total. The molecule has 3 heterocycles. The van der Waals surface area contributed by atoms with Crippen LogP contribution in [0, 0.1) is 6.92 Å². The molecule has 5 rings (SSSR count). The van der Waals surface area contributed by atoms with Gasteiger partial charge in [-0.05, 0) is 74.9 Å². The summed E-state index contributed by atoms with van der Waals surface area (Å²) in [6, 6.07) is 11.5. The van der Waals surface area contributed by atoms with Crippen molar-refractivity contribution in [2.45, 2.75) is 55.7 Å². The number of nitrogens with one attached hydrogen (secondary N) is 2. The summed E-state index contributed by atoms with van der Waals surface area (Å²) >= 11 is 0. The minimum atomic E-state index is -3.57. The molecule has 2 aromatic heterocycles. The predicted octanol–water partition coefficient (Wildman–Crippen LogP) is 3.14. The number of aliphatic hydroxyl groups is 1. The average molecular weight is 623 g/mol. The first kappa shape index (κ1) is 31.2. The minimum Gasteiger partial charge on any atom is -0.495 e. The van der Waals surface area contributed by atoms with Gasteiger partial charge in [0.1, 0.15) is 11.8 Å². The number of piperidine rings is 1. The first-order valence-electron chi connectivity index (χ1n) is 14.5. The van der Waals surface area contributed by atoms with Crippen LogP contribution in [0.5, 0.6) is 5.75 Å². The molecular weight excluding hydrogens is 584 g/mol. The molecule has 4 aromatic rings. The number of hydrogen-bond acceptors (Lipinski definition) is 11. The van der Waals surface area contributed by atoms with Crippen LogP contribution in [0.1, 0.15) is 43.7 Å². The van der Waals surface area contributed by atoms with Crippen LogP contribution in [0.15, 0.2) is 53.6 Å². The van der Waals surface area contributed by atoms with Crippen molar-refractivity contribution in [3.63, 3.8) is 0 Å². The number of amides is 1. The van der Waals surface area contributed by atoms with E-state index in [1.54, 1.807) is 62.4 Å². The molecule has 1 fully saturated rings. The number of aliphatic hydroxyl groups excluding tert-OH is 1. The summed E-state index contributed by atoms with van der Waals surface area (Å²) in [5, 5.41) is 19.4. The highest BCUT2D eigenvalue weighted by molar-refractivity contribution is 7.92. The third-order valence-corrected chi connectivity index (χ3v) is 10.1. The molecule has 0 bridgehead atoms. The Kier molecular flexibility index (Phi) is 9.04. The predicted molar refractivity (Wildman–Crippen MR) is 167 cm³/mol. The van der Waals surface area contributed by atoms with Crippen LogP contribution in [0.25, 0.3) is 5.65 Å². The number of likely N-dealkylation sites (tertiary alicyclic amines) is 1. The van der Waals surface area contributed by atoms with Gasteiger partial charge in [0.15, 0.2) is 15.5 Å². The number of hydrogen-bond donors (Lipinski definition) is 4. The third kappa shape index (κ3) is 6.18. The number of fused-ring (bicyclic) bond motifs is 1. The lowest BCUT2D eigenvalue weighted by Gasteiger charge is -2.34. The van der Waals surface area contributed by atoms with Crippen molar-refractivity contribution in [2.24, 2.45) is 5.73 Å². The molecule has 44 heavy (non-hydrogen) atoms. The summed E-state index contributed by atoms with van der Waals surface area (Å²) in [5.41, 5.74) is 9.45. The molecule has 0 radical (unpaired) electrons. The van der Waals surface area contributed by atoms with E-state index in [9.17, 15) is 18.3 Å². The van der Waals surface area contributed by atoms with Crippen LogP contribution in [0.4, 0.5) is 23.3 Å². The average Bonchev–Trinajstić information content (AvgIpc) is 3.50. The van der Waals surface area contributed by atoms with Gasteiger partial charge in [0.25, 0.3) is 0 Å². The van der Waals surface area contributed by atoms with Crippen LogP contribution in [-0.2, 0) is 14.6 Å². The maximum absolute atomic E-state index is 13.0. The number of nitrogens with two attached hydrogens (primary N) is 1. The Labute approximate surface area is 256 Å². The van der Waals surface area contributed by atoms with Gasteiger partial charge in [-0.25, -0.2) is 8.42 Å². The Morgan fingerprint density at radius 3 is 2.52 bits per heavy atom. The van der Waals surface area contributed by atoms with Crippen molar-refractivity contribution >= 4 is 44.7 Å². The minimum absolute atomic E-state index is 0.169. The van der Waals surface area contributed by atoms with Gasteiger partial charge in [0.05, 0.1) is 41.4 Å². The normalized spacial score (nSPS) is 15.0. The van der Waals surface area contributed by atoms with Crippen molar-refractivity contribution in [1.29, 1.82) is 0 Å². The molecule has 2 aromatic carbocycles. The summed E-state index contributed by atoms with van der Waals surface area (Å²) < 4.78 is 33.3. The number of aryl methyl sites for hydroxylation is 1. The number of ether oxygens (including phenoxy) is 1. The highest BCUT2D eigenvalue weighted by Crippen LogP contribution is 2.37. The zero-order valence-electron chi connectivity index (χ0n) is 25.2. The summed E-state index contributed by atoms with van der Waals surface area (Å²) in [6.07, 6.45) is 3.13. The highest BCUT2D eigenvalue weighted by atomic mass is 32.2. The van der Waals surface area contributed by atoms with E-state index in [-0.39, 0.29) is 35.2 Å². The number of rotatable bonds is 10. The summed E-state index contributed by atoms with van der Waals surface area (Å²) in [7, 11) is -1.97. The van der Waals surface area contributed by atoms with E-state index in [0.29, 0.717) is 35.9 Å². The second-order valence-corrected chi connectivity index (χ2v) is 13.6. The van der Waals surface area contributed by atoms with E-state index < -0.39 is 21.1 Å². The van der Waals surface area contributed by atoms with Crippen LogP contribution >= 0.6 is 0 Å². The van der Waals surface area contributed by atoms with Crippen molar-refractivity contribution < 1.29 is 23.1 Å². The van der Waals surface area contributed by atoms with E-state index in [0.717, 1.165) is 24.0 Å². The number of sulfone groups is 1. The van der Waals surface area contributed by atoms with Crippen molar-refractivity contribution in [1.82, 2.24) is 24.5 Å². The fourth-order valence-corrected chi connectivity index (χ4v) is 6.61. The maximum Gasteiger partial charge on any atom is 0.241 e. The Morgan fingerprint density at radius 1 is 1.11 bits per heavy atom. The lowest BCUT2D eigenvalue weighted by molar-refractivity contribution is -0.134. The number of benzene rings is 2. The van der Waals surface area contributed by atoms with E-state index in [2.05, 4.69) is 25.7 Å². The lowest BCUT2D eigenvalue weighted by atomic mass is 9.86. The van der Waals surface area contributed by atoms with E-state index in [1.165, 1.54) is 4.52 Å². The molecule has 1 aliphatic heterocycles. The molecule has 0 spiro atoms. The molecule has 0 aliphatic carbocycles. The molecule has 1 aliphatic rings. The molecular formula is C30H38N8O5S. The summed E-state index contributed by atoms with van der Waals surface area (Å²) in [6.45, 7) is 6.07. The van der Waals surface area contributed by atoms with E-state index in [4.69, 9.17) is 10.5 Å². The molecule has 0 unspecified atom stereocenters. The van der Waals surface area contributed by atoms with Gasteiger partial charge in [-0.15, -0.1) is 0 Å². The topological polar surface area (TPSA) is 177 Å². The van der Waals surface area contributed by atoms with Gasteiger partial charge >= 0.3 is 0 Å². The monoisotopic (exact) mass is 622 g/mol. The number of anilines is 4. The number of aromatic nitrogens is 4. The smallest absolute Gasteiger partial charge is 0.241 e. The second-order valence-electron chi connectivity index (χ2n) is 11.1. The van der Waals surface area contributed by atoms with Crippen LogP contribution in [-0.4, -0.2) is 82.0 Å². The zero-order valence-corrected chi connectivity index (χ0v) is 26.0. The summed E-state index contributed by atoms with van der Waals surface area (Å²) in [4.78, 5) is 23.5. The van der Waals surface area contributed by atoms with Gasteiger partial charge in [-0.3, -0.25) is 4.79 Å². The zero-order chi connectivity index (χ0) is 31.6. The van der Waals surface area contributed by atoms with Crippen LogP contribution in [0.2, 0.25) is 0 Å². The van der Waals surface area contributed by atoms with E-state index >= 15 is 0 Å². The fourth-order valence-electron chi connectivity index (χ4n) is 5.41. The molecule has 14 heteroatoms. The number of nitrogens with zero attached hydrogens (tertiary/aromatic N) is 5. The Hall–Kier alpha value is -4.27. The number of para-hydroxylation sites is 1. The standard InChI is InChI=1S/C30H38N8O5S/c1-18(2)44(41,42)26-8-6-5-7-23(26)34-30-36-29(35-27-9-12-32-38(27)30)33-24-15-19(3)21(16-25(24)43-4)20-10-13-37(14-11-20)28(40)22(31)17-39/h5-9,12,15-16,18,20,22,39H,10-11,13-14,17,31H2,1-4H3,(H2,33,34,35,36)/t22-/m0/s1. The third-order valence-electron chi connectivity index (χ3n) is 7.91. The number of carbonyl (C=O) groups excluding carboxylic acids is 1.